The lowest BCUT2D eigenvalue weighted by atomic mass is 10.2. The first-order chi connectivity index (χ1) is 5.72. The molecule has 0 saturated heterocycles. The van der Waals surface area contributed by atoms with Crippen LogP contribution in [0.4, 0.5) is 0 Å². The summed E-state index contributed by atoms with van der Waals surface area (Å²) in [5, 5.41) is 11.6. The second-order valence-electron chi connectivity index (χ2n) is 2.58. The highest BCUT2D eigenvalue weighted by Crippen LogP contribution is 2.12. The summed E-state index contributed by atoms with van der Waals surface area (Å²) in [4.78, 5) is 0. The quantitative estimate of drug-likeness (QED) is 0.656. The average molecular weight is 167 g/mol. The first kappa shape index (κ1) is 9.03. The van der Waals surface area contributed by atoms with E-state index in [9.17, 15) is 0 Å². The van der Waals surface area contributed by atoms with Gasteiger partial charge in [0.2, 0.25) is 0 Å². The van der Waals surface area contributed by atoms with E-state index in [1.54, 1.807) is 13.1 Å². The highest BCUT2D eigenvalue weighted by molar-refractivity contribution is 5.27. The summed E-state index contributed by atoms with van der Waals surface area (Å²) in [5.74, 6) is 0.664. The monoisotopic (exact) mass is 167 g/mol. The van der Waals surface area contributed by atoms with Crippen LogP contribution in [-0.4, -0.2) is 18.6 Å². The first-order valence-corrected chi connectivity index (χ1v) is 3.81. The van der Waals surface area contributed by atoms with Crippen molar-refractivity contribution >= 4 is 0 Å². The molecule has 66 valence electrons. The highest BCUT2D eigenvalue weighted by atomic mass is 16.6. The van der Waals surface area contributed by atoms with Gasteiger partial charge in [-0.1, -0.05) is 12.1 Å². The molecule has 0 amide bonds. The number of nitrogens with one attached hydrogen (secondary N) is 1. The minimum absolute atomic E-state index is 0.664. The smallest absolute Gasteiger partial charge is 0.256 e. The Morgan fingerprint density at radius 3 is 2.83 bits per heavy atom. The van der Waals surface area contributed by atoms with E-state index in [1.807, 2.05) is 25.1 Å². The number of hydrogen-bond acceptors (Lipinski definition) is 3. The van der Waals surface area contributed by atoms with Crippen LogP contribution in [0.25, 0.3) is 0 Å². The molecule has 1 aromatic carbocycles. The van der Waals surface area contributed by atoms with Crippen LogP contribution in [0.2, 0.25) is 0 Å². The van der Waals surface area contributed by atoms with Crippen LogP contribution in [0.5, 0.6) is 5.75 Å². The van der Waals surface area contributed by atoms with Gasteiger partial charge in [-0.3, -0.25) is 5.32 Å². The lowest BCUT2D eigenvalue weighted by Crippen LogP contribution is -2.30. The van der Waals surface area contributed by atoms with Gasteiger partial charge in [-0.05, 0) is 31.7 Å². The Bertz CT molecular complexity index is 250. The molecule has 0 aliphatic carbocycles. The molecule has 0 saturated carbocycles. The fourth-order valence-corrected chi connectivity index (χ4v) is 0.876. The topological polar surface area (TPSA) is 41.5 Å². The van der Waals surface area contributed by atoms with Gasteiger partial charge in [0.05, 0.1) is 0 Å². The van der Waals surface area contributed by atoms with E-state index in [1.165, 1.54) is 0 Å². The Labute approximate surface area is 72.0 Å². The number of aliphatic hydroxyl groups is 1. The summed E-state index contributed by atoms with van der Waals surface area (Å²) in [5.41, 5.74) is 1.11. The SMILES string of the molecule is CNC(O)Oc1cccc(C)c1. The molecule has 1 atom stereocenters. The molecule has 3 heteroatoms. The van der Waals surface area contributed by atoms with Crippen molar-refractivity contribution in [2.45, 2.75) is 13.3 Å². The van der Waals surface area contributed by atoms with Gasteiger partial charge < -0.3 is 9.84 Å². The molecule has 0 bridgehead atoms. The Morgan fingerprint density at radius 2 is 2.25 bits per heavy atom. The zero-order chi connectivity index (χ0) is 8.97. The third-order valence-corrected chi connectivity index (χ3v) is 1.48. The molecule has 1 aromatic rings. The summed E-state index contributed by atoms with van der Waals surface area (Å²) >= 11 is 0. The number of rotatable bonds is 3. The van der Waals surface area contributed by atoms with Crippen molar-refractivity contribution < 1.29 is 9.84 Å². The van der Waals surface area contributed by atoms with Gasteiger partial charge >= 0.3 is 0 Å². The molecule has 0 radical (unpaired) electrons. The van der Waals surface area contributed by atoms with Gasteiger partial charge in [-0.25, -0.2) is 0 Å². The summed E-state index contributed by atoms with van der Waals surface area (Å²) in [6.07, 6.45) is -0.938. The third kappa shape index (κ3) is 2.53. The maximum Gasteiger partial charge on any atom is 0.256 e. The van der Waals surface area contributed by atoms with E-state index in [2.05, 4.69) is 5.32 Å². The molecule has 0 fully saturated rings. The Hall–Kier alpha value is -1.06. The van der Waals surface area contributed by atoms with E-state index in [0.717, 1.165) is 5.56 Å². The Kier molecular flexibility index (Phi) is 3.08. The maximum absolute atomic E-state index is 9.07. The average Bonchev–Trinajstić information content (AvgIpc) is 2.04. The molecule has 0 aliphatic heterocycles. The molecule has 1 unspecified atom stereocenters. The van der Waals surface area contributed by atoms with Gasteiger partial charge in [-0.15, -0.1) is 0 Å². The summed E-state index contributed by atoms with van der Waals surface area (Å²) in [6.45, 7) is 1.97. The van der Waals surface area contributed by atoms with Crippen LogP contribution in [-0.2, 0) is 0 Å². The van der Waals surface area contributed by atoms with E-state index >= 15 is 0 Å². The predicted octanol–water partition coefficient (Wildman–Crippen LogP) is 0.869. The minimum Gasteiger partial charge on any atom is -0.451 e. The van der Waals surface area contributed by atoms with Crippen LogP contribution >= 0.6 is 0 Å². The van der Waals surface area contributed by atoms with Gasteiger partial charge in [0.1, 0.15) is 5.75 Å². The van der Waals surface area contributed by atoms with Crippen molar-refractivity contribution in [3.63, 3.8) is 0 Å². The molecule has 0 aliphatic rings. The van der Waals surface area contributed by atoms with Crippen LogP contribution in [0, 0.1) is 6.92 Å². The molecular weight excluding hydrogens is 154 g/mol. The van der Waals surface area contributed by atoms with Crippen molar-refractivity contribution in [2.24, 2.45) is 0 Å². The molecular formula is C9H13NO2. The summed E-state index contributed by atoms with van der Waals surface area (Å²) < 4.78 is 5.09. The minimum atomic E-state index is -0.938. The molecule has 12 heavy (non-hydrogen) atoms. The van der Waals surface area contributed by atoms with Gasteiger partial charge in [0, 0.05) is 0 Å². The molecule has 0 spiro atoms. The van der Waals surface area contributed by atoms with Crippen molar-refractivity contribution in [2.75, 3.05) is 7.05 Å². The van der Waals surface area contributed by atoms with Gasteiger partial charge in [0.25, 0.3) is 6.41 Å². The molecule has 0 heterocycles. The molecule has 2 N–H and O–H groups in total. The van der Waals surface area contributed by atoms with Crippen LogP contribution in [0.3, 0.4) is 0 Å². The Balaban J connectivity index is 2.63. The van der Waals surface area contributed by atoms with E-state index < -0.39 is 6.41 Å². The summed E-state index contributed by atoms with van der Waals surface area (Å²) in [6, 6.07) is 7.51. The fraction of sp³-hybridized carbons (Fsp3) is 0.333. The lowest BCUT2D eigenvalue weighted by molar-refractivity contribution is -0.0380. The van der Waals surface area contributed by atoms with Crippen LogP contribution in [0.15, 0.2) is 24.3 Å². The van der Waals surface area contributed by atoms with Crippen LogP contribution < -0.4 is 10.1 Å². The van der Waals surface area contributed by atoms with Crippen molar-refractivity contribution in [1.29, 1.82) is 0 Å². The number of hydrogen-bond donors (Lipinski definition) is 2. The number of benzene rings is 1. The largest absolute Gasteiger partial charge is 0.451 e. The number of aryl methyl sites for hydroxylation is 1. The predicted molar refractivity (Wildman–Crippen MR) is 46.9 cm³/mol. The van der Waals surface area contributed by atoms with E-state index in [4.69, 9.17) is 9.84 Å². The maximum atomic E-state index is 9.07. The zero-order valence-corrected chi connectivity index (χ0v) is 7.24. The normalized spacial score (nSPS) is 12.6. The second-order valence-corrected chi connectivity index (χ2v) is 2.58. The second kappa shape index (κ2) is 4.09. The third-order valence-electron chi connectivity index (χ3n) is 1.48. The Morgan fingerprint density at radius 1 is 1.50 bits per heavy atom. The standard InChI is InChI=1S/C9H13NO2/c1-7-4-3-5-8(6-7)12-9(11)10-2/h3-6,9-11H,1-2H3. The fourth-order valence-electron chi connectivity index (χ4n) is 0.876. The molecule has 0 aromatic heterocycles. The molecule has 1 rings (SSSR count). The highest BCUT2D eigenvalue weighted by Gasteiger charge is 2.00. The van der Waals surface area contributed by atoms with E-state index in [-0.39, 0.29) is 0 Å². The molecule has 3 nitrogen and oxygen atoms in total. The van der Waals surface area contributed by atoms with Crippen molar-refractivity contribution in [3.8, 4) is 5.75 Å². The van der Waals surface area contributed by atoms with Crippen molar-refractivity contribution in [3.05, 3.63) is 29.8 Å². The first-order valence-electron chi connectivity index (χ1n) is 3.81. The van der Waals surface area contributed by atoms with E-state index in [0.29, 0.717) is 5.75 Å². The van der Waals surface area contributed by atoms with Gasteiger partial charge in [0.15, 0.2) is 0 Å². The lowest BCUT2D eigenvalue weighted by Gasteiger charge is -2.11. The number of aliphatic hydroxyl groups excluding tert-OH is 1. The van der Waals surface area contributed by atoms with Crippen LogP contribution in [0.1, 0.15) is 5.56 Å². The zero-order valence-electron chi connectivity index (χ0n) is 7.24. The number of ether oxygens (including phenoxy) is 1. The summed E-state index contributed by atoms with van der Waals surface area (Å²) in [7, 11) is 1.63. The van der Waals surface area contributed by atoms with Crippen molar-refractivity contribution in [1.82, 2.24) is 5.32 Å². The van der Waals surface area contributed by atoms with Gasteiger partial charge in [-0.2, -0.15) is 0 Å².